The largest absolute Gasteiger partial charge is 0.495 e. The van der Waals surface area contributed by atoms with E-state index in [1.54, 1.807) is 13.2 Å². The molecule has 0 unspecified atom stereocenters. The van der Waals surface area contributed by atoms with Crippen molar-refractivity contribution in [1.29, 1.82) is 0 Å². The molecule has 0 atom stereocenters. The molecule has 0 aliphatic carbocycles. The van der Waals surface area contributed by atoms with Crippen molar-refractivity contribution in [3.63, 3.8) is 0 Å². The van der Waals surface area contributed by atoms with Gasteiger partial charge in [0.2, 0.25) is 0 Å². The van der Waals surface area contributed by atoms with Crippen molar-refractivity contribution >= 4 is 23.3 Å². The van der Waals surface area contributed by atoms with E-state index < -0.39 is 0 Å². The molecule has 1 aromatic rings. The first-order valence-corrected chi connectivity index (χ1v) is 7.29. The molecule has 5 heteroatoms. The molecule has 2 rings (SSSR count). The SMILES string of the molecule is COc1cc(Cl)c(C)cc1NC(=O)N1CCC(C)CC1. The van der Waals surface area contributed by atoms with Crippen molar-refractivity contribution in [1.82, 2.24) is 4.90 Å². The molecule has 110 valence electrons. The highest BCUT2D eigenvalue weighted by molar-refractivity contribution is 6.31. The van der Waals surface area contributed by atoms with Gasteiger partial charge in [0.15, 0.2) is 0 Å². The smallest absolute Gasteiger partial charge is 0.321 e. The van der Waals surface area contributed by atoms with Crippen LogP contribution in [0.25, 0.3) is 0 Å². The molecule has 0 radical (unpaired) electrons. The molecule has 1 aromatic carbocycles. The van der Waals surface area contributed by atoms with Crippen LogP contribution in [0.2, 0.25) is 5.02 Å². The zero-order valence-corrected chi connectivity index (χ0v) is 13.0. The number of benzene rings is 1. The fraction of sp³-hybridized carbons (Fsp3) is 0.533. The first kappa shape index (κ1) is 15.0. The Labute approximate surface area is 125 Å². The van der Waals surface area contributed by atoms with E-state index in [9.17, 15) is 4.79 Å². The number of ether oxygens (including phenoxy) is 1. The highest BCUT2D eigenvalue weighted by Crippen LogP contribution is 2.31. The van der Waals surface area contributed by atoms with Gasteiger partial charge in [-0.05, 0) is 37.3 Å². The Hall–Kier alpha value is -1.42. The number of anilines is 1. The van der Waals surface area contributed by atoms with Gasteiger partial charge >= 0.3 is 6.03 Å². The summed E-state index contributed by atoms with van der Waals surface area (Å²) in [5.41, 5.74) is 1.58. The topological polar surface area (TPSA) is 41.6 Å². The number of nitrogens with one attached hydrogen (secondary N) is 1. The van der Waals surface area contributed by atoms with Crippen LogP contribution in [0.5, 0.6) is 5.75 Å². The molecule has 20 heavy (non-hydrogen) atoms. The molecule has 1 aliphatic heterocycles. The molecule has 0 bridgehead atoms. The fourth-order valence-corrected chi connectivity index (χ4v) is 2.49. The lowest BCUT2D eigenvalue weighted by Crippen LogP contribution is -2.40. The highest BCUT2D eigenvalue weighted by Gasteiger charge is 2.21. The summed E-state index contributed by atoms with van der Waals surface area (Å²) in [4.78, 5) is 14.1. The minimum absolute atomic E-state index is 0.0723. The number of aryl methyl sites for hydroxylation is 1. The van der Waals surface area contributed by atoms with Gasteiger partial charge in [0.1, 0.15) is 5.75 Å². The molecule has 0 aromatic heterocycles. The van der Waals surface area contributed by atoms with Crippen molar-refractivity contribution in [2.24, 2.45) is 5.92 Å². The molecule has 1 N–H and O–H groups in total. The van der Waals surface area contributed by atoms with Crippen molar-refractivity contribution in [3.05, 3.63) is 22.7 Å². The van der Waals surface area contributed by atoms with Crippen LogP contribution in [0, 0.1) is 12.8 Å². The molecule has 2 amide bonds. The zero-order chi connectivity index (χ0) is 14.7. The molecule has 0 saturated carbocycles. The fourth-order valence-electron chi connectivity index (χ4n) is 2.34. The quantitative estimate of drug-likeness (QED) is 0.898. The van der Waals surface area contributed by atoms with Gasteiger partial charge in [-0.2, -0.15) is 0 Å². The molecule has 1 saturated heterocycles. The van der Waals surface area contributed by atoms with Crippen molar-refractivity contribution in [2.45, 2.75) is 26.7 Å². The van der Waals surface area contributed by atoms with Gasteiger partial charge in [0.25, 0.3) is 0 Å². The van der Waals surface area contributed by atoms with E-state index in [1.165, 1.54) is 0 Å². The maximum absolute atomic E-state index is 12.3. The summed E-state index contributed by atoms with van der Waals surface area (Å²) < 4.78 is 5.27. The lowest BCUT2D eigenvalue weighted by molar-refractivity contribution is 0.186. The van der Waals surface area contributed by atoms with Crippen LogP contribution in [0.15, 0.2) is 12.1 Å². The van der Waals surface area contributed by atoms with Crippen LogP contribution in [0.4, 0.5) is 10.5 Å². The Balaban J connectivity index is 2.09. The van der Waals surface area contributed by atoms with Gasteiger partial charge in [0, 0.05) is 24.2 Å². The minimum Gasteiger partial charge on any atom is -0.495 e. The Bertz CT molecular complexity index is 497. The number of amides is 2. The van der Waals surface area contributed by atoms with E-state index in [4.69, 9.17) is 16.3 Å². The molecular formula is C15H21ClN2O2. The maximum Gasteiger partial charge on any atom is 0.321 e. The number of carbonyl (C=O) groups is 1. The van der Waals surface area contributed by atoms with Crippen molar-refractivity contribution in [2.75, 3.05) is 25.5 Å². The second-order valence-corrected chi connectivity index (χ2v) is 5.81. The Morgan fingerprint density at radius 1 is 1.40 bits per heavy atom. The average molecular weight is 297 g/mol. The molecule has 1 aliphatic rings. The summed E-state index contributed by atoms with van der Waals surface area (Å²) in [6.45, 7) is 5.74. The van der Waals surface area contributed by atoms with Gasteiger partial charge in [-0.3, -0.25) is 0 Å². The number of nitrogens with zero attached hydrogens (tertiary/aromatic N) is 1. The number of hydrogen-bond donors (Lipinski definition) is 1. The van der Waals surface area contributed by atoms with Crippen molar-refractivity contribution < 1.29 is 9.53 Å². The van der Waals surface area contributed by atoms with Gasteiger partial charge in [-0.15, -0.1) is 0 Å². The number of carbonyl (C=O) groups excluding carboxylic acids is 1. The zero-order valence-electron chi connectivity index (χ0n) is 12.2. The number of rotatable bonds is 2. The standard InChI is InChI=1S/C15H21ClN2O2/c1-10-4-6-18(7-5-10)15(19)17-13-8-11(2)12(16)9-14(13)20-3/h8-10H,4-7H2,1-3H3,(H,17,19). The lowest BCUT2D eigenvalue weighted by Gasteiger charge is -2.30. The summed E-state index contributed by atoms with van der Waals surface area (Å²) in [6, 6.07) is 3.49. The minimum atomic E-state index is -0.0723. The first-order chi connectivity index (χ1) is 9.51. The first-order valence-electron chi connectivity index (χ1n) is 6.91. The van der Waals surface area contributed by atoms with Crippen LogP contribution in [-0.4, -0.2) is 31.1 Å². The van der Waals surface area contributed by atoms with Gasteiger partial charge in [-0.25, -0.2) is 4.79 Å². The second kappa shape index (κ2) is 6.35. The average Bonchev–Trinajstić information content (AvgIpc) is 2.43. The molecule has 4 nitrogen and oxygen atoms in total. The molecule has 1 fully saturated rings. The van der Waals surface area contributed by atoms with Crippen LogP contribution < -0.4 is 10.1 Å². The monoisotopic (exact) mass is 296 g/mol. The molecule has 1 heterocycles. The van der Waals surface area contributed by atoms with E-state index in [0.717, 1.165) is 31.5 Å². The van der Waals surface area contributed by atoms with Crippen molar-refractivity contribution in [3.8, 4) is 5.75 Å². The lowest BCUT2D eigenvalue weighted by atomic mass is 10.00. The van der Waals surface area contributed by atoms with Gasteiger partial charge < -0.3 is 15.0 Å². The normalized spacial score (nSPS) is 16.1. The number of likely N-dealkylation sites (tertiary alicyclic amines) is 1. The third-order valence-corrected chi connectivity index (χ3v) is 4.20. The third-order valence-electron chi connectivity index (χ3n) is 3.79. The summed E-state index contributed by atoms with van der Waals surface area (Å²) in [7, 11) is 1.57. The second-order valence-electron chi connectivity index (χ2n) is 5.40. The predicted molar refractivity (Wildman–Crippen MR) is 81.7 cm³/mol. The summed E-state index contributed by atoms with van der Waals surface area (Å²) in [6.07, 6.45) is 2.12. The summed E-state index contributed by atoms with van der Waals surface area (Å²) in [5, 5.41) is 3.55. The van der Waals surface area contributed by atoms with Gasteiger partial charge in [0.05, 0.1) is 12.8 Å². The van der Waals surface area contributed by atoms with E-state index >= 15 is 0 Å². The van der Waals surface area contributed by atoms with Crippen LogP contribution in [0.3, 0.4) is 0 Å². The number of urea groups is 1. The Morgan fingerprint density at radius 3 is 2.65 bits per heavy atom. The summed E-state index contributed by atoms with van der Waals surface area (Å²) >= 11 is 6.06. The number of halogens is 1. The summed E-state index contributed by atoms with van der Waals surface area (Å²) in [5.74, 6) is 1.28. The Morgan fingerprint density at radius 2 is 2.05 bits per heavy atom. The van der Waals surface area contributed by atoms with E-state index in [-0.39, 0.29) is 6.03 Å². The van der Waals surface area contributed by atoms with Crippen LogP contribution in [0.1, 0.15) is 25.3 Å². The molecular weight excluding hydrogens is 276 g/mol. The highest BCUT2D eigenvalue weighted by atomic mass is 35.5. The van der Waals surface area contributed by atoms with E-state index in [0.29, 0.717) is 22.4 Å². The van der Waals surface area contributed by atoms with E-state index in [2.05, 4.69) is 12.2 Å². The predicted octanol–water partition coefficient (Wildman–Crippen LogP) is 3.92. The van der Waals surface area contributed by atoms with Crippen LogP contribution >= 0.6 is 11.6 Å². The molecule has 0 spiro atoms. The number of hydrogen-bond acceptors (Lipinski definition) is 2. The van der Waals surface area contributed by atoms with Crippen LogP contribution in [-0.2, 0) is 0 Å². The number of methoxy groups -OCH3 is 1. The number of piperidine rings is 1. The Kier molecular flexibility index (Phi) is 4.76. The van der Waals surface area contributed by atoms with E-state index in [1.807, 2.05) is 17.9 Å². The maximum atomic E-state index is 12.3. The van der Waals surface area contributed by atoms with Gasteiger partial charge in [-0.1, -0.05) is 18.5 Å². The third kappa shape index (κ3) is 3.37.